The van der Waals surface area contributed by atoms with Crippen molar-refractivity contribution < 1.29 is 4.42 Å². The van der Waals surface area contributed by atoms with E-state index in [1.165, 1.54) is 0 Å². The van der Waals surface area contributed by atoms with Crippen LogP contribution in [0, 0.1) is 5.92 Å². The summed E-state index contributed by atoms with van der Waals surface area (Å²) in [6.07, 6.45) is 1.75. The second-order valence-electron chi connectivity index (χ2n) is 4.57. The predicted octanol–water partition coefficient (Wildman–Crippen LogP) is 1.71. The monoisotopic (exact) mass is 208 g/mol. The van der Waals surface area contributed by atoms with Crippen LogP contribution in [0.5, 0.6) is 0 Å². The van der Waals surface area contributed by atoms with Crippen LogP contribution in [-0.2, 0) is 6.54 Å². The molecule has 2 heterocycles. The number of rotatable bonds is 3. The van der Waals surface area contributed by atoms with Crippen LogP contribution in [0.15, 0.2) is 22.8 Å². The minimum atomic E-state index is 0.629. The molecule has 0 aliphatic carbocycles. The van der Waals surface area contributed by atoms with Gasteiger partial charge in [0.1, 0.15) is 5.76 Å². The van der Waals surface area contributed by atoms with E-state index in [2.05, 4.69) is 30.1 Å². The van der Waals surface area contributed by atoms with Crippen LogP contribution in [-0.4, -0.2) is 30.6 Å². The molecule has 0 saturated carbocycles. The lowest BCUT2D eigenvalue weighted by Crippen LogP contribution is -2.52. The third-order valence-electron chi connectivity index (χ3n) is 3.11. The third-order valence-corrected chi connectivity index (χ3v) is 3.11. The first-order valence-electron chi connectivity index (χ1n) is 5.74. The van der Waals surface area contributed by atoms with Crippen LogP contribution < -0.4 is 5.32 Å². The molecule has 2 rings (SSSR count). The summed E-state index contributed by atoms with van der Waals surface area (Å²) in [6, 6.07) is 4.64. The lowest BCUT2D eigenvalue weighted by molar-refractivity contribution is 0.109. The van der Waals surface area contributed by atoms with Gasteiger partial charge in [0.25, 0.3) is 0 Å². The molecule has 1 atom stereocenters. The van der Waals surface area contributed by atoms with E-state index in [0.29, 0.717) is 12.0 Å². The van der Waals surface area contributed by atoms with Gasteiger partial charge in [-0.05, 0) is 18.1 Å². The number of hydrogen-bond acceptors (Lipinski definition) is 3. The lowest BCUT2D eigenvalue weighted by Gasteiger charge is -2.38. The maximum atomic E-state index is 5.40. The summed E-state index contributed by atoms with van der Waals surface area (Å²) in [6.45, 7) is 8.81. The highest BCUT2D eigenvalue weighted by molar-refractivity contribution is 4.99. The van der Waals surface area contributed by atoms with E-state index in [9.17, 15) is 0 Å². The Morgan fingerprint density at radius 1 is 1.60 bits per heavy atom. The van der Waals surface area contributed by atoms with Crippen molar-refractivity contribution in [3.8, 4) is 0 Å². The van der Waals surface area contributed by atoms with Gasteiger partial charge in [-0.25, -0.2) is 0 Å². The smallest absolute Gasteiger partial charge is 0.117 e. The van der Waals surface area contributed by atoms with Crippen LogP contribution in [0.4, 0.5) is 0 Å². The van der Waals surface area contributed by atoms with E-state index in [4.69, 9.17) is 4.42 Å². The predicted molar refractivity (Wildman–Crippen MR) is 60.6 cm³/mol. The van der Waals surface area contributed by atoms with E-state index in [1.54, 1.807) is 6.26 Å². The molecule has 3 heteroatoms. The molecule has 1 unspecified atom stereocenters. The van der Waals surface area contributed by atoms with Crippen molar-refractivity contribution in [3.05, 3.63) is 24.2 Å². The Kier molecular flexibility index (Phi) is 3.44. The van der Waals surface area contributed by atoms with Crippen molar-refractivity contribution in [3.63, 3.8) is 0 Å². The lowest BCUT2D eigenvalue weighted by atomic mass is 10.0. The second kappa shape index (κ2) is 4.81. The van der Waals surface area contributed by atoms with Gasteiger partial charge in [0.05, 0.1) is 12.8 Å². The highest BCUT2D eigenvalue weighted by Crippen LogP contribution is 2.16. The second-order valence-corrected chi connectivity index (χ2v) is 4.57. The SMILES string of the molecule is CC(C)C1CNCCN1Cc1ccco1. The van der Waals surface area contributed by atoms with Gasteiger partial charge >= 0.3 is 0 Å². The molecular formula is C12H20N2O. The summed E-state index contributed by atoms with van der Waals surface area (Å²) in [4.78, 5) is 2.51. The summed E-state index contributed by atoms with van der Waals surface area (Å²) >= 11 is 0. The fourth-order valence-corrected chi connectivity index (χ4v) is 2.22. The van der Waals surface area contributed by atoms with Crippen molar-refractivity contribution in [2.75, 3.05) is 19.6 Å². The third kappa shape index (κ3) is 2.61. The molecule has 15 heavy (non-hydrogen) atoms. The molecule has 0 radical (unpaired) electrons. The molecule has 1 N–H and O–H groups in total. The van der Waals surface area contributed by atoms with Gasteiger partial charge in [-0.1, -0.05) is 13.8 Å². The van der Waals surface area contributed by atoms with Gasteiger partial charge in [0.15, 0.2) is 0 Å². The molecule has 0 bridgehead atoms. The zero-order chi connectivity index (χ0) is 10.7. The highest BCUT2D eigenvalue weighted by Gasteiger charge is 2.25. The number of nitrogens with one attached hydrogen (secondary N) is 1. The largest absolute Gasteiger partial charge is 0.468 e. The zero-order valence-corrected chi connectivity index (χ0v) is 9.57. The zero-order valence-electron chi connectivity index (χ0n) is 9.57. The van der Waals surface area contributed by atoms with Crippen molar-refractivity contribution in [2.45, 2.75) is 26.4 Å². The van der Waals surface area contributed by atoms with Crippen molar-refractivity contribution in [1.82, 2.24) is 10.2 Å². The Bertz CT molecular complexity index is 282. The highest BCUT2D eigenvalue weighted by atomic mass is 16.3. The van der Waals surface area contributed by atoms with E-state index in [0.717, 1.165) is 31.9 Å². The Balaban J connectivity index is 1.99. The van der Waals surface area contributed by atoms with Gasteiger partial charge < -0.3 is 9.73 Å². The molecule has 1 aliphatic rings. The summed E-state index contributed by atoms with van der Waals surface area (Å²) < 4.78 is 5.40. The molecule has 84 valence electrons. The molecule has 1 fully saturated rings. The van der Waals surface area contributed by atoms with Crippen LogP contribution >= 0.6 is 0 Å². The topological polar surface area (TPSA) is 28.4 Å². The first-order chi connectivity index (χ1) is 7.27. The normalized spacial score (nSPS) is 23.5. The fraction of sp³-hybridized carbons (Fsp3) is 0.667. The number of furan rings is 1. The minimum Gasteiger partial charge on any atom is -0.468 e. The van der Waals surface area contributed by atoms with E-state index in [-0.39, 0.29) is 0 Å². The van der Waals surface area contributed by atoms with Crippen LogP contribution in [0.1, 0.15) is 19.6 Å². The van der Waals surface area contributed by atoms with Crippen molar-refractivity contribution in [2.24, 2.45) is 5.92 Å². The number of hydrogen-bond donors (Lipinski definition) is 1. The molecule has 3 nitrogen and oxygen atoms in total. The molecule has 0 aromatic carbocycles. The van der Waals surface area contributed by atoms with Gasteiger partial charge in [-0.15, -0.1) is 0 Å². The van der Waals surface area contributed by atoms with Crippen LogP contribution in [0.25, 0.3) is 0 Å². The van der Waals surface area contributed by atoms with E-state index in [1.807, 2.05) is 6.07 Å². The summed E-state index contributed by atoms with van der Waals surface area (Å²) in [5.74, 6) is 1.76. The molecule has 1 aromatic heterocycles. The molecule has 1 aliphatic heterocycles. The number of nitrogens with zero attached hydrogens (tertiary/aromatic N) is 1. The Morgan fingerprint density at radius 3 is 3.13 bits per heavy atom. The number of piperazine rings is 1. The maximum Gasteiger partial charge on any atom is 0.117 e. The quantitative estimate of drug-likeness (QED) is 0.819. The van der Waals surface area contributed by atoms with Gasteiger partial charge in [-0.3, -0.25) is 4.90 Å². The van der Waals surface area contributed by atoms with E-state index < -0.39 is 0 Å². The van der Waals surface area contributed by atoms with Crippen LogP contribution in [0.2, 0.25) is 0 Å². The van der Waals surface area contributed by atoms with Gasteiger partial charge in [0, 0.05) is 25.7 Å². The fourth-order valence-electron chi connectivity index (χ4n) is 2.22. The maximum absolute atomic E-state index is 5.40. The Morgan fingerprint density at radius 2 is 2.47 bits per heavy atom. The van der Waals surface area contributed by atoms with E-state index >= 15 is 0 Å². The average molecular weight is 208 g/mol. The first-order valence-corrected chi connectivity index (χ1v) is 5.74. The summed E-state index contributed by atoms with van der Waals surface area (Å²) in [5.41, 5.74) is 0. The molecule has 1 saturated heterocycles. The van der Waals surface area contributed by atoms with Gasteiger partial charge in [0.2, 0.25) is 0 Å². The molecule has 0 amide bonds. The summed E-state index contributed by atoms with van der Waals surface area (Å²) in [5, 5.41) is 3.45. The standard InChI is InChI=1S/C12H20N2O/c1-10(2)12-8-13-5-6-14(12)9-11-4-3-7-15-11/h3-4,7,10,12-13H,5-6,8-9H2,1-2H3. The average Bonchev–Trinajstić information content (AvgIpc) is 2.71. The molecule has 1 aromatic rings. The van der Waals surface area contributed by atoms with Crippen LogP contribution in [0.3, 0.4) is 0 Å². The summed E-state index contributed by atoms with van der Waals surface area (Å²) in [7, 11) is 0. The molecule has 0 spiro atoms. The first kappa shape index (κ1) is 10.7. The Hall–Kier alpha value is -0.800. The van der Waals surface area contributed by atoms with Crippen molar-refractivity contribution in [1.29, 1.82) is 0 Å². The minimum absolute atomic E-state index is 0.629. The molecular weight excluding hydrogens is 188 g/mol. The van der Waals surface area contributed by atoms with Gasteiger partial charge in [-0.2, -0.15) is 0 Å². The Labute approximate surface area is 91.4 Å². The van der Waals surface area contributed by atoms with Crippen molar-refractivity contribution >= 4 is 0 Å².